The lowest BCUT2D eigenvalue weighted by Gasteiger charge is -2.06. The summed E-state index contributed by atoms with van der Waals surface area (Å²) < 4.78 is 25.3. The van der Waals surface area contributed by atoms with Crippen molar-refractivity contribution in [2.75, 3.05) is 11.9 Å². The number of nitrogens with one attached hydrogen (secondary N) is 2. The number of hydrogen-bond donors (Lipinski definition) is 2. The summed E-state index contributed by atoms with van der Waals surface area (Å²) in [4.78, 5) is 10.9. The minimum Gasteiger partial charge on any atom is -0.384 e. The smallest absolute Gasteiger partial charge is 0.264 e. The maximum Gasteiger partial charge on any atom is 0.264 e. The molecular formula is C10H12N2O3S. The average molecular weight is 240 g/mol. The van der Waals surface area contributed by atoms with Crippen molar-refractivity contribution in [3.05, 3.63) is 23.8 Å². The second-order valence-electron chi connectivity index (χ2n) is 3.66. The molecular weight excluding hydrogens is 228 g/mol. The number of fused-ring (bicyclic) bond motifs is 1. The lowest BCUT2D eigenvalue weighted by Crippen LogP contribution is -2.28. The summed E-state index contributed by atoms with van der Waals surface area (Å²) in [6.45, 7) is 1.99. The number of benzene rings is 1. The van der Waals surface area contributed by atoms with Crippen LogP contribution in [0.15, 0.2) is 23.1 Å². The monoisotopic (exact) mass is 240 g/mol. The van der Waals surface area contributed by atoms with E-state index in [1.807, 2.05) is 4.72 Å². The molecule has 2 rings (SSSR count). The lowest BCUT2D eigenvalue weighted by molar-refractivity contribution is -0.117. The van der Waals surface area contributed by atoms with Crippen LogP contribution in [0.4, 0.5) is 5.69 Å². The van der Waals surface area contributed by atoms with E-state index in [1.165, 1.54) is 13.0 Å². The molecule has 1 heterocycles. The molecule has 1 aromatic rings. The van der Waals surface area contributed by atoms with Gasteiger partial charge in [0.2, 0.25) is 5.91 Å². The number of sulfonamides is 1. The van der Waals surface area contributed by atoms with E-state index in [2.05, 4.69) is 5.32 Å². The van der Waals surface area contributed by atoms with Crippen LogP contribution in [0.1, 0.15) is 12.5 Å². The summed E-state index contributed by atoms with van der Waals surface area (Å²) in [5, 5.41) is 3.14. The van der Waals surface area contributed by atoms with Gasteiger partial charge in [-0.05, 0) is 30.2 Å². The third kappa shape index (κ3) is 2.01. The summed E-state index contributed by atoms with van der Waals surface area (Å²) in [5.74, 6) is -0.585. The van der Waals surface area contributed by atoms with E-state index in [0.29, 0.717) is 0 Å². The number of carbonyl (C=O) groups excluding carboxylic acids is 1. The van der Waals surface area contributed by atoms with Gasteiger partial charge in [0.05, 0.1) is 4.90 Å². The van der Waals surface area contributed by atoms with Gasteiger partial charge in [-0.1, -0.05) is 0 Å². The number of hydrogen-bond acceptors (Lipinski definition) is 4. The van der Waals surface area contributed by atoms with Crippen molar-refractivity contribution in [2.45, 2.75) is 18.2 Å². The molecule has 1 aliphatic rings. The molecule has 0 radical (unpaired) electrons. The summed E-state index contributed by atoms with van der Waals surface area (Å²) in [6.07, 6.45) is 0.804. The normalized spacial score (nSPS) is 14.1. The van der Waals surface area contributed by atoms with Crippen molar-refractivity contribution >= 4 is 21.6 Å². The number of carbonyl (C=O) groups is 1. The van der Waals surface area contributed by atoms with E-state index in [0.717, 1.165) is 24.2 Å². The van der Waals surface area contributed by atoms with Crippen LogP contribution in [0.3, 0.4) is 0 Å². The van der Waals surface area contributed by atoms with Crippen LogP contribution in [0.5, 0.6) is 0 Å². The standard InChI is InChI=1S/C10H12N2O3S/c1-7(13)12-16(14,15)9-2-3-10-8(6-9)4-5-11-10/h2-3,6,11H,4-5H2,1H3,(H,12,13). The number of amides is 1. The Morgan fingerprint density at radius 2 is 2.19 bits per heavy atom. The van der Waals surface area contributed by atoms with Crippen LogP contribution in [0.25, 0.3) is 0 Å². The van der Waals surface area contributed by atoms with Crippen LogP contribution in [-0.2, 0) is 21.2 Å². The van der Waals surface area contributed by atoms with Crippen molar-refractivity contribution in [2.24, 2.45) is 0 Å². The third-order valence-electron chi connectivity index (χ3n) is 2.37. The van der Waals surface area contributed by atoms with Gasteiger partial charge in [-0.15, -0.1) is 0 Å². The number of rotatable bonds is 2. The molecule has 2 N–H and O–H groups in total. The van der Waals surface area contributed by atoms with E-state index >= 15 is 0 Å². The molecule has 0 aliphatic carbocycles. The molecule has 1 aliphatic heterocycles. The molecule has 86 valence electrons. The van der Waals surface area contributed by atoms with Gasteiger partial charge in [-0.3, -0.25) is 4.79 Å². The second-order valence-corrected chi connectivity index (χ2v) is 5.34. The molecule has 1 aromatic carbocycles. The molecule has 0 atom stereocenters. The van der Waals surface area contributed by atoms with Gasteiger partial charge in [0.1, 0.15) is 0 Å². The van der Waals surface area contributed by atoms with Crippen LogP contribution in [-0.4, -0.2) is 20.9 Å². The molecule has 0 fully saturated rings. The van der Waals surface area contributed by atoms with E-state index in [1.54, 1.807) is 12.1 Å². The highest BCUT2D eigenvalue weighted by atomic mass is 32.2. The van der Waals surface area contributed by atoms with Gasteiger partial charge >= 0.3 is 0 Å². The Bertz CT molecular complexity index is 537. The van der Waals surface area contributed by atoms with Gasteiger partial charge in [0.25, 0.3) is 10.0 Å². The Morgan fingerprint density at radius 3 is 2.88 bits per heavy atom. The van der Waals surface area contributed by atoms with Crippen molar-refractivity contribution in [1.82, 2.24) is 4.72 Å². The van der Waals surface area contributed by atoms with E-state index in [9.17, 15) is 13.2 Å². The molecule has 0 bridgehead atoms. The molecule has 0 aromatic heterocycles. The van der Waals surface area contributed by atoms with Gasteiger partial charge < -0.3 is 5.32 Å². The van der Waals surface area contributed by atoms with Crippen molar-refractivity contribution in [3.63, 3.8) is 0 Å². The fraction of sp³-hybridized carbons (Fsp3) is 0.300. The van der Waals surface area contributed by atoms with Gasteiger partial charge in [0.15, 0.2) is 0 Å². The summed E-state index contributed by atoms with van der Waals surface area (Å²) in [5.41, 5.74) is 1.92. The molecule has 1 amide bonds. The average Bonchev–Trinajstić information content (AvgIpc) is 2.61. The fourth-order valence-corrected chi connectivity index (χ4v) is 2.74. The Labute approximate surface area is 93.9 Å². The zero-order valence-corrected chi connectivity index (χ0v) is 9.60. The highest BCUT2D eigenvalue weighted by Crippen LogP contribution is 2.24. The fourth-order valence-electron chi connectivity index (χ4n) is 1.70. The van der Waals surface area contributed by atoms with E-state index in [-0.39, 0.29) is 4.90 Å². The SMILES string of the molecule is CC(=O)NS(=O)(=O)c1ccc2c(c1)CCN2. The molecule has 16 heavy (non-hydrogen) atoms. The topological polar surface area (TPSA) is 75.3 Å². The molecule has 0 unspecified atom stereocenters. The third-order valence-corrected chi connectivity index (χ3v) is 3.81. The zero-order valence-electron chi connectivity index (χ0n) is 8.78. The summed E-state index contributed by atoms with van der Waals surface area (Å²) in [6, 6.07) is 4.81. The van der Waals surface area contributed by atoms with Crippen molar-refractivity contribution in [1.29, 1.82) is 0 Å². The first-order chi connectivity index (χ1) is 7.49. The Morgan fingerprint density at radius 1 is 1.44 bits per heavy atom. The Balaban J connectivity index is 2.38. The van der Waals surface area contributed by atoms with Crippen molar-refractivity contribution in [3.8, 4) is 0 Å². The first-order valence-corrected chi connectivity index (χ1v) is 6.37. The predicted molar refractivity (Wildman–Crippen MR) is 59.6 cm³/mol. The van der Waals surface area contributed by atoms with Gasteiger partial charge in [-0.2, -0.15) is 0 Å². The minimum atomic E-state index is -3.71. The number of anilines is 1. The maximum atomic E-state index is 11.7. The van der Waals surface area contributed by atoms with Gasteiger partial charge in [-0.25, -0.2) is 13.1 Å². The van der Waals surface area contributed by atoms with E-state index < -0.39 is 15.9 Å². The second kappa shape index (κ2) is 3.79. The van der Waals surface area contributed by atoms with Crippen LogP contribution >= 0.6 is 0 Å². The summed E-state index contributed by atoms with van der Waals surface area (Å²) >= 11 is 0. The van der Waals surface area contributed by atoms with Crippen molar-refractivity contribution < 1.29 is 13.2 Å². The molecule has 0 saturated carbocycles. The van der Waals surface area contributed by atoms with Gasteiger partial charge in [0, 0.05) is 19.2 Å². The maximum absolute atomic E-state index is 11.7. The highest BCUT2D eigenvalue weighted by Gasteiger charge is 2.18. The lowest BCUT2D eigenvalue weighted by atomic mass is 10.2. The molecule has 5 nitrogen and oxygen atoms in total. The van der Waals surface area contributed by atoms with Crippen LogP contribution in [0, 0.1) is 0 Å². The first kappa shape index (κ1) is 10.9. The first-order valence-electron chi connectivity index (χ1n) is 4.89. The highest BCUT2D eigenvalue weighted by molar-refractivity contribution is 7.90. The molecule has 6 heteroatoms. The van der Waals surface area contributed by atoms with Crippen LogP contribution in [0.2, 0.25) is 0 Å². The minimum absolute atomic E-state index is 0.130. The quantitative estimate of drug-likeness (QED) is 0.788. The largest absolute Gasteiger partial charge is 0.384 e. The molecule has 0 spiro atoms. The predicted octanol–water partition coefficient (Wildman–Crippen LogP) is 0.479. The van der Waals surface area contributed by atoms with E-state index in [4.69, 9.17) is 0 Å². The van der Waals surface area contributed by atoms with Crippen LogP contribution < -0.4 is 10.0 Å². The molecule has 0 saturated heterocycles. The Kier molecular flexibility index (Phi) is 2.59. The summed E-state index contributed by atoms with van der Waals surface area (Å²) in [7, 11) is -3.71. The Hall–Kier alpha value is -1.56. The zero-order chi connectivity index (χ0) is 11.8.